The number of carbonyl (C=O) groups is 2. The molecule has 0 saturated heterocycles. The van der Waals surface area contributed by atoms with Crippen molar-refractivity contribution < 1.29 is 22.7 Å². The van der Waals surface area contributed by atoms with E-state index in [-0.39, 0.29) is 18.0 Å². The highest BCUT2D eigenvalue weighted by atomic mass is 35.5. The smallest absolute Gasteiger partial charge is 0.407 e. The Hall–Kier alpha value is -2.88. The molecule has 10 heteroatoms. The second-order valence-corrected chi connectivity index (χ2v) is 9.94. The molecule has 8 nitrogen and oxygen atoms in total. The topological polar surface area (TPSA) is 114 Å². The van der Waals surface area contributed by atoms with E-state index in [1.807, 2.05) is 0 Å². The van der Waals surface area contributed by atoms with Crippen LogP contribution in [-0.2, 0) is 19.6 Å². The highest BCUT2D eigenvalue weighted by Crippen LogP contribution is 2.16. The summed E-state index contributed by atoms with van der Waals surface area (Å²) in [6.45, 7) is 5.22. The van der Waals surface area contributed by atoms with Gasteiger partial charge >= 0.3 is 6.09 Å². The minimum Gasteiger partial charge on any atom is -0.444 e. The first kappa shape index (κ1) is 25.4. The predicted octanol–water partition coefficient (Wildman–Crippen LogP) is 3.79. The number of sulfonamides is 1. The molecule has 0 heterocycles. The minimum absolute atomic E-state index is 0.0219. The lowest BCUT2D eigenvalue weighted by Gasteiger charge is -2.19. The molecule has 0 atom stereocenters. The van der Waals surface area contributed by atoms with Gasteiger partial charge in [0.05, 0.1) is 4.90 Å². The Balaban J connectivity index is 1.91. The summed E-state index contributed by atoms with van der Waals surface area (Å²) in [5.41, 5.74) is 0.436. The average Bonchev–Trinajstić information content (AvgIpc) is 2.69. The Morgan fingerprint density at radius 1 is 1.06 bits per heavy atom. The lowest BCUT2D eigenvalue weighted by atomic mass is 10.2. The van der Waals surface area contributed by atoms with E-state index >= 15 is 0 Å². The Kier molecular flexibility index (Phi) is 8.82. The van der Waals surface area contributed by atoms with Crippen LogP contribution >= 0.6 is 11.6 Å². The highest BCUT2D eigenvalue weighted by molar-refractivity contribution is 7.89. The summed E-state index contributed by atoms with van der Waals surface area (Å²) in [6, 6.07) is 12.8. The summed E-state index contributed by atoms with van der Waals surface area (Å²) < 4.78 is 32.5. The molecule has 0 aliphatic carbocycles. The van der Waals surface area contributed by atoms with Crippen molar-refractivity contribution in [3.05, 3.63) is 65.2 Å². The molecule has 0 aliphatic rings. The van der Waals surface area contributed by atoms with Crippen molar-refractivity contribution in [1.29, 1.82) is 0 Å². The molecule has 0 radical (unpaired) electrons. The van der Waals surface area contributed by atoms with E-state index in [1.54, 1.807) is 57.2 Å². The van der Waals surface area contributed by atoms with Crippen molar-refractivity contribution in [2.45, 2.75) is 31.3 Å². The number of hydrogen-bond donors (Lipinski definition) is 3. The molecule has 2 amide bonds. The zero-order valence-electron chi connectivity index (χ0n) is 18.0. The first-order chi connectivity index (χ1) is 14.9. The zero-order chi connectivity index (χ0) is 23.8. The second kappa shape index (κ2) is 11.1. The summed E-state index contributed by atoms with van der Waals surface area (Å²) in [6.07, 6.45) is 2.29. The van der Waals surface area contributed by atoms with E-state index in [0.717, 1.165) is 5.56 Å². The van der Waals surface area contributed by atoms with Crippen LogP contribution in [0.1, 0.15) is 26.3 Å². The third-order valence-electron chi connectivity index (χ3n) is 3.77. The molecule has 0 fully saturated rings. The molecule has 32 heavy (non-hydrogen) atoms. The molecule has 0 bridgehead atoms. The van der Waals surface area contributed by atoms with Crippen molar-refractivity contribution in [3.8, 4) is 0 Å². The summed E-state index contributed by atoms with van der Waals surface area (Å²) in [5, 5.41) is 5.64. The van der Waals surface area contributed by atoms with Crippen LogP contribution in [0.3, 0.4) is 0 Å². The van der Waals surface area contributed by atoms with Crippen LogP contribution in [0.4, 0.5) is 10.5 Å². The molecule has 172 valence electrons. The molecule has 0 saturated carbocycles. The lowest BCUT2D eigenvalue weighted by Crippen LogP contribution is -2.37. The van der Waals surface area contributed by atoms with E-state index in [1.165, 1.54) is 24.3 Å². The maximum atomic E-state index is 12.5. The monoisotopic (exact) mass is 479 g/mol. The third kappa shape index (κ3) is 9.09. The van der Waals surface area contributed by atoms with E-state index in [0.29, 0.717) is 10.7 Å². The van der Waals surface area contributed by atoms with Gasteiger partial charge in [-0.2, -0.15) is 0 Å². The molecule has 3 N–H and O–H groups in total. The van der Waals surface area contributed by atoms with Gasteiger partial charge in [-0.05, 0) is 62.7 Å². The van der Waals surface area contributed by atoms with Gasteiger partial charge in [-0.15, -0.1) is 0 Å². The fourth-order valence-electron chi connectivity index (χ4n) is 2.45. The largest absolute Gasteiger partial charge is 0.444 e. The van der Waals surface area contributed by atoms with Crippen LogP contribution in [0.15, 0.2) is 59.5 Å². The second-order valence-electron chi connectivity index (χ2n) is 7.73. The molecule has 0 unspecified atom stereocenters. The molecule has 2 aromatic rings. The first-order valence-electron chi connectivity index (χ1n) is 9.76. The van der Waals surface area contributed by atoms with E-state index in [4.69, 9.17) is 16.3 Å². The first-order valence-corrected chi connectivity index (χ1v) is 11.6. The van der Waals surface area contributed by atoms with Gasteiger partial charge < -0.3 is 15.4 Å². The Labute approximate surface area is 193 Å². The number of benzene rings is 2. The van der Waals surface area contributed by atoms with Gasteiger partial charge in [0.2, 0.25) is 15.9 Å². The van der Waals surface area contributed by atoms with Gasteiger partial charge in [0.25, 0.3) is 0 Å². The number of nitrogens with one attached hydrogen (secondary N) is 3. The van der Waals surface area contributed by atoms with E-state index in [9.17, 15) is 18.0 Å². The number of alkyl carbamates (subject to hydrolysis) is 1. The normalized spacial score (nSPS) is 11.9. The lowest BCUT2D eigenvalue weighted by molar-refractivity contribution is -0.111. The molecule has 0 aromatic heterocycles. The fourth-order valence-corrected chi connectivity index (χ4v) is 3.73. The average molecular weight is 480 g/mol. The Morgan fingerprint density at radius 2 is 1.78 bits per heavy atom. The molecular weight excluding hydrogens is 454 g/mol. The van der Waals surface area contributed by atoms with Crippen LogP contribution < -0.4 is 15.4 Å². The number of ether oxygens (including phenoxy) is 1. The van der Waals surface area contributed by atoms with Crippen LogP contribution in [-0.4, -0.2) is 39.1 Å². The highest BCUT2D eigenvalue weighted by Gasteiger charge is 2.17. The maximum absolute atomic E-state index is 12.5. The number of amides is 2. The van der Waals surface area contributed by atoms with Crippen LogP contribution in [0, 0.1) is 0 Å². The quantitative estimate of drug-likeness (QED) is 0.393. The van der Waals surface area contributed by atoms with Crippen LogP contribution in [0.2, 0.25) is 5.02 Å². The van der Waals surface area contributed by atoms with Crippen molar-refractivity contribution in [2.24, 2.45) is 0 Å². The van der Waals surface area contributed by atoms with Crippen molar-refractivity contribution in [2.75, 3.05) is 18.4 Å². The minimum atomic E-state index is -3.84. The summed E-state index contributed by atoms with van der Waals surface area (Å²) in [4.78, 5) is 23.7. The third-order valence-corrected chi connectivity index (χ3v) is 5.47. The van der Waals surface area contributed by atoms with Crippen LogP contribution in [0.5, 0.6) is 0 Å². The van der Waals surface area contributed by atoms with Gasteiger partial charge in [0.15, 0.2) is 0 Å². The zero-order valence-corrected chi connectivity index (χ0v) is 19.6. The van der Waals surface area contributed by atoms with E-state index < -0.39 is 27.6 Å². The van der Waals surface area contributed by atoms with Gasteiger partial charge in [-0.3, -0.25) is 4.79 Å². The SMILES string of the molecule is CC(C)(C)OC(=O)NCCNS(=O)(=O)c1cccc(NC(=O)/C=C/c2cccc(Cl)c2)c1. The molecule has 0 spiro atoms. The summed E-state index contributed by atoms with van der Waals surface area (Å²) in [5.74, 6) is -0.422. The number of carbonyl (C=O) groups excluding carboxylic acids is 2. The molecule has 2 rings (SSSR count). The number of anilines is 1. The molecule has 2 aromatic carbocycles. The fraction of sp³-hybridized carbons (Fsp3) is 0.273. The number of rotatable bonds is 8. The maximum Gasteiger partial charge on any atom is 0.407 e. The van der Waals surface area contributed by atoms with Crippen molar-refractivity contribution in [3.63, 3.8) is 0 Å². The van der Waals surface area contributed by atoms with Gasteiger partial charge in [0, 0.05) is 29.9 Å². The predicted molar refractivity (Wildman–Crippen MR) is 125 cm³/mol. The van der Waals surface area contributed by atoms with Gasteiger partial charge in [-0.25, -0.2) is 17.9 Å². The standard InChI is InChI=1S/C22H26ClN3O5S/c1-22(2,3)31-21(28)24-12-13-25-32(29,30)19-9-5-8-18(15-19)26-20(27)11-10-16-6-4-7-17(23)14-16/h4-11,14-15,25H,12-13H2,1-3H3,(H,24,28)(H,26,27)/b11-10+. The molecular formula is C22H26ClN3O5S. The number of hydrogen-bond acceptors (Lipinski definition) is 5. The van der Waals surface area contributed by atoms with Crippen LogP contribution in [0.25, 0.3) is 6.08 Å². The Bertz CT molecular complexity index is 1090. The Morgan fingerprint density at radius 3 is 2.47 bits per heavy atom. The van der Waals surface area contributed by atoms with Gasteiger partial charge in [-0.1, -0.05) is 29.8 Å². The van der Waals surface area contributed by atoms with Crippen molar-refractivity contribution >= 4 is 45.4 Å². The van der Waals surface area contributed by atoms with Gasteiger partial charge in [0.1, 0.15) is 5.60 Å². The summed E-state index contributed by atoms with van der Waals surface area (Å²) >= 11 is 5.91. The summed E-state index contributed by atoms with van der Waals surface area (Å²) in [7, 11) is -3.84. The van der Waals surface area contributed by atoms with Crippen molar-refractivity contribution in [1.82, 2.24) is 10.0 Å². The molecule has 0 aliphatic heterocycles. The van der Waals surface area contributed by atoms with E-state index in [2.05, 4.69) is 15.4 Å². The number of halogens is 1.